The Hall–Kier alpha value is -3.09. The highest BCUT2D eigenvalue weighted by Crippen LogP contribution is 2.17. The first-order chi connectivity index (χ1) is 15.0. The van der Waals surface area contributed by atoms with Crippen LogP contribution in [0, 0.1) is 5.82 Å². The molecule has 0 fully saturated rings. The molecular weight excluding hydrogens is 399 g/mol. The number of ether oxygens (including phenoxy) is 2. The van der Waals surface area contributed by atoms with Gasteiger partial charge in [0.1, 0.15) is 23.4 Å². The maximum Gasteiger partial charge on any atom is 0.261 e. The average molecular weight is 431 g/mol. The van der Waals surface area contributed by atoms with Gasteiger partial charge >= 0.3 is 0 Å². The number of rotatable bonds is 12. The molecule has 2 aromatic rings. The van der Waals surface area contributed by atoms with Gasteiger partial charge in [-0.1, -0.05) is 32.4 Å². The summed E-state index contributed by atoms with van der Waals surface area (Å²) in [4.78, 5) is 27.4. The molecule has 0 bridgehead atoms. The second-order valence-corrected chi connectivity index (χ2v) is 7.18. The van der Waals surface area contributed by atoms with Crippen molar-refractivity contribution < 1.29 is 23.5 Å². The zero-order valence-corrected chi connectivity index (χ0v) is 18.4. The lowest BCUT2D eigenvalue weighted by Gasteiger charge is -2.30. The number of amides is 2. The molecule has 0 heterocycles. The first-order valence-electron chi connectivity index (χ1n) is 10.6. The van der Waals surface area contributed by atoms with Gasteiger partial charge in [0.2, 0.25) is 5.91 Å². The molecule has 1 N–H and O–H groups in total. The molecule has 6 nitrogen and oxygen atoms in total. The lowest BCUT2D eigenvalue weighted by atomic mass is 10.1. The van der Waals surface area contributed by atoms with Crippen LogP contribution in [-0.2, 0) is 16.1 Å². The van der Waals surface area contributed by atoms with Gasteiger partial charge in [0.25, 0.3) is 5.91 Å². The number of halogens is 1. The van der Waals surface area contributed by atoms with E-state index in [9.17, 15) is 14.0 Å². The Labute approximate surface area is 183 Å². The number of nitrogens with zero attached hydrogens (tertiary/aromatic N) is 1. The SMILES string of the molecule is CCCCNC(=O)C(CC)N(Cc1ccc(OC)cc1)C(=O)COc1ccc(F)cc1. The fourth-order valence-electron chi connectivity index (χ4n) is 3.11. The Bertz CT molecular complexity index is 824. The zero-order chi connectivity index (χ0) is 22.6. The van der Waals surface area contributed by atoms with E-state index in [-0.39, 0.29) is 30.8 Å². The summed E-state index contributed by atoms with van der Waals surface area (Å²) in [5.74, 6) is 0.219. The van der Waals surface area contributed by atoms with Gasteiger partial charge < -0.3 is 19.7 Å². The average Bonchev–Trinajstić information content (AvgIpc) is 2.79. The molecule has 0 aliphatic heterocycles. The van der Waals surface area contributed by atoms with E-state index in [4.69, 9.17) is 9.47 Å². The lowest BCUT2D eigenvalue weighted by molar-refractivity contribution is -0.143. The first kappa shape index (κ1) is 24.2. The van der Waals surface area contributed by atoms with Gasteiger partial charge in [0.05, 0.1) is 7.11 Å². The Kier molecular flexibility index (Phi) is 9.81. The number of carbonyl (C=O) groups is 2. The zero-order valence-electron chi connectivity index (χ0n) is 18.4. The van der Waals surface area contributed by atoms with E-state index in [1.807, 2.05) is 31.2 Å². The predicted molar refractivity (Wildman–Crippen MR) is 117 cm³/mol. The van der Waals surface area contributed by atoms with Crippen molar-refractivity contribution in [3.8, 4) is 11.5 Å². The summed E-state index contributed by atoms with van der Waals surface area (Å²) in [6.07, 6.45) is 2.32. The van der Waals surface area contributed by atoms with Crippen LogP contribution in [-0.4, -0.2) is 43.0 Å². The van der Waals surface area contributed by atoms with Crippen molar-refractivity contribution in [3.63, 3.8) is 0 Å². The van der Waals surface area contributed by atoms with Crippen molar-refractivity contribution >= 4 is 11.8 Å². The van der Waals surface area contributed by atoms with E-state index >= 15 is 0 Å². The molecule has 0 aromatic heterocycles. The second kappa shape index (κ2) is 12.6. The van der Waals surface area contributed by atoms with E-state index in [0.29, 0.717) is 24.5 Å². The van der Waals surface area contributed by atoms with Crippen LogP contribution in [0.4, 0.5) is 4.39 Å². The summed E-state index contributed by atoms with van der Waals surface area (Å²) in [6.45, 7) is 4.51. The molecule has 2 aromatic carbocycles. The van der Waals surface area contributed by atoms with Gasteiger partial charge in [-0.3, -0.25) is 9.59 Å². The Balaban J connectivity index is 2.16. The standard InChI is InChI=1S/C24H31FN2O4/c1-4-6-15-26-24(29)22(5-2)27(16-18-7-11-20(30-3)12-8-18)23(28)17-31-21-13-9-19(25)10-14-21/h7-14,22H,4-6,15-17H2,1-3H3,(H,26,29). The topological polar surface area (TPSA) is 67.9 Å². The van der Waals surface area contributed by atoms with E-state index in [1.54, 1.807) is 7.11 Å². The fourth-order valence-corrected chi connectivity index (χ4v) is 3.11. The number of hydrogen-bond donors (Lipinski definition) is 1. The summed E-state index contributed by atoms with van der Waals surface area (Å²) >= 11 is 0. The minimum Gasteiger partial charge on any atom is -0.497 e. The second-order valence-electron chi connectivity index (χ2n) is 7.18. The molecule has 0 aliphatic rings. The van der Waals surface area contributed by atoms with Gasteiger partial charge in [0.15, 0.2) is 6.61 Å². The summed E-state index contributed by atoms with van der Waals surface area (Å²) in [5.41, 5.74) is 0.871. The molecular formula is C24H31FN2O4. The molecule has 7 heteroatoms. The van der Waals surface area contributed by atoms with Gasteiger partial charge in [-0.05, 0) is 54.8 Å². The molecule has 0 saturated carbocycles. The molecule has 0 aliphatic carbocycles. The predicted octanol–water partition coefficient (Wildman–Crippen LogP) is 3.94. The number of hydrogen-bond acceptors (Lipinski definition) is 4. The smallest absolute Gasteiger partial charge is 0.261 e. The third-order valence-corrected chi connectivity index (χ3v) is 4.90. The van der Waals surface area contributed by atoms with Gasteiger partial charge in [-0.2, -0.15) is 0 Å². The largest absolute Gasteiger partial charge is 0.497 e. The summed E-state index contributed by atoms with van der Waals surface area (Å²) in [7, 11) is 1.59. The molecule has 1 unspecified atom stereocenters. The van der Waals surface area contributed by atoms with Crippen molar-refractivity contribution in [1.82, 2.24) is 10.2 Å². The number of benzene rings is 2. The normalized spacial score (nSPS) is 11.5. The number of unbranched alkanes of at least 4 members (excludes halogenated alkanes) is 1. The van der Waals surface area contributed by atoms with Crippen LogP contribution >= 0.6 is 0 Å². The van der Waals surface area contributed by atoms with Crippen LogP contribution in [0.3, 0.4) is 0 Å². The van der Waals surface area contributed by atoms with Crippen LogP contribution < -0.4 is 14.8 Å². The van der Waals surface area contributed by atoms with Gasteiger partial charge in [-0.15, -0.1) is 0 Å². The van der Waals surface area contributed by atoms with E-state index in [0.717, 1.165) is 18.4 Å². The number of nitrogens with one attached hydrogen (secondary N) is 1. The van der Waals surface area contributed by atoms with Crippen LogP contribution in [0.5, 0.6) is 11.5 Å². The molecule has 0 saturated heterocycles. The number of methoxy groups -OCH3 is 1. The van der Waals surface area contributed by atoms with Gasteiger partial charge in [0, 0.05) is 13.1 Å². The summed E-state index contributed by atoms with van der Waals surface area (Å²) in [5, 5.41) is 2.92. The quantitative estimate of drug-likeness (QED) is 0.518. The fraction of sp³-hybridized carbons (Fsp3) is 0.417. The van der Waals surface area contributed by atoms with E-state index < -0.39 is 6.04 Å². The summed E-state index contributed by atoms with van der Waals surface area (Å²) in [6, 6.07) is 12.2. The van der Waals surface area contributed by atoms with Crippen molar-refractivity contribution in [2.75, 3.05) is 20.3 Å². The Morgan fingerprint density at radius 3 is 2.26 bits per heavy atom. The van der Waals surface area contributed by atoms with Crippen molar-refractivity contribution in [1.29, 1.82) is 0 Å². The molecule has 168 valence electrons. The Morgan fingerprint density at radius 1 is 1.03 bits per heavy atom. The van der Waals surface area contributed by atoms with E-state index in [2.05, 4.69) is 12.2 Å². The van der Waals surface area contributed by atoms with Crippen molar-refractivity contribution in [3.05, 3.63) is 59.9 Å². The van der Waals surface area contributed by atoms with Crippen molar-refractivity contribution in [2.24, 2.45) is 0 Å². The minimum atomic E-state index is -0.622. The maximum atomic E-state index is 13.1. The minimum absolute atomic E-state index is 0.181. The third-order valence-electron chi connectivity index (χ3n) is 4.90. The number of carbonyl (C=O) groups excluding carboxylic acids is 2. The van der Waals surface area contributed by atoms with E-state index in [1.165, 1.54) is 29.2 Å². The van der Waals surface area contributed by atoms with Crippen LogP contribution in [0.25, 0.3) is 0 Å². The molecule has 0 spiro atoms. The molecule has 2 amide bonds. The highest BCUT2D eigenvalue weighted by Gasteiger charge is 2.28. The first-order valence-corrected chi connectivity index (χ1v) is 10.6. The van der Waals surface area contributed by atoms with Crippen molar-refractivity contribution in [2.45, 2.75) is 45.7 Å². The third kappa shape index (κ3) is 7.59. The van der Waals surface area contributed by atoms with Crippen LogP contribution in [0.2, 0.25) is 0 Å². The molecule has 31 heavy (non-hydrogen) atoms. The summed E-state index contributed by atoms with van der Waals surface area (Å²) < 4.78 is 23.8. The maximum absolute atomic E-state index is 13.1. The molecule has 1 atom stereocenters. The lowest BCUT2D eigenvalue weighted by Crippen LogP contribution is -2.50. The van der Waals surface area contributed by atoms with Crippen LogP contribution in [0.1, 0.15) is 38.7 Å². The monoisotopic (exact) mass is 430 g/mol. The highest BCUT2D eigenvalue weighted by atomic mass is 19.1. The van der Waals surface area contributed by atoms with Gasteiger partial charge in [-0.25, -0.2) is 4.39 Å². The Morgan fingerprint density at radius 2 is 1.68 bits per heavy atom. The van der Waals surface area contributed by atoms with Crippen LogP contribution in [0.15, 0.2) is 48.5 Å². The molecule has 0 radical (unpaired) electrons. The molecule has 2 rings (SSSR count). The highest BCUT2D eigenvalue weighted by molar-refractivity contribution is 5.88.